The van der Waals surface area contributed by atoms with Crippen molar-refractivity contribution in [3.05, 3.63) is 30.6 Å². The summed E-state index contributed by atoms with van der Waals surface area (Å²) >= 11 is 0. The molecular weight excluding hydrogens is 238 g/mol. The number of likely N-dealkylation sites (tertiary alicyclic amines) is 1. The Morgan fingerprint density at radius 2 is 2.00 bits per heavy atom. The minimum absolute atomic E-state index is 0.716. The van der Waals surface area contributed by atoms with Gasteiger partial charge in [-0.25, -0.2) is 0 Å². The van der Waals surface area contributed by atoms with Crippen molar-refractivity contribution < 1.29 is 4.74 Å². The first-order chi connectivity index (χ1) is 9.34. The molecule has 0 radical (unpaired) electrons. The van der Waals surface area contributed by atoms with Gasteiger partial charge in [0.1, 0.15) is 12.4 Å². The van der Waals surface area contributed by atoms with Crippen LogP contribution in [0.2, 0.25) is 0 Å². The molecule has 4 heteroatoms. The zero-order chi connectivity index (χ0) is 13.1. The maximum Gasteiger partial charge on any atom is 0.128 e. The third-order valence-electron chi connectivity index (χ3n) is 3.68. The number of nitrogens with zero attached hydrogens (tertiary/aromatic N) is 2. The number of pyridine rings is 1. The first-order valence-corrected chi connectivity index (χ1v) is 6.82. The Labute approximate surface area is 113 Å². The van der Waals surface area contributed by atoms with E-state index in [0.717, 1.165) is 28.8 Å². The molecule has 0 spiro atoms. The summed E-state index contributed by atoms with van der Waals surface area (Å²) in [4.78, 5) is 6.60. The number of benzene rings is 1. The van der Waals surface area contributed by atoms with Crippen LogP contribution >= 0.6 is 0 Å². The molecule has 0 saturated carbocycles. The quantitative estimate of drug-likeness (QED) is 0.854. The third kappa shape index (κ3) is 2.63. The molecule has 0 unspecified atom stereocenters. The Balaban J connectivity index is 1.72. The molecular formula is C15H19N3O. The normalized spacial score (nSPS) is 16.0. The molecule has 4 nitrogen and oxygen atoms in total. The molecule has 2 N–H and O–H groups in total. The van der Waals surface area contributed by atoms with Crippen LogP contribution in [0.15, 0.2) is 30.6 Å². The van der Waals surface area contributed by atoms with E-state index in [1.165, 1.54) is 25.9 Å². The van der Waals surface area contributed by atoms with Crippen molar-refractivity contribution in [2.45, 2.75) is 12.8 Å². The van der Waals surface area contributed by atoms with Gasteiger partial charge in [-0.1, -0.05) is 0 Å². The van der Waals surface area contributed by atoms with Crippen LogP contribution < -0.4 is 10.5 Å². The van der Waals surface area contributed by atoms with Crippen LogP contribution in [-0.4, -0.2) is 36.1 Å². The number of rotatable bonds is 4. The fourth-order valence-corrected chi connectivity index (χ4v) is 2.60. The minimum atomic E-state index is 0.716. The molecule has 0 bridgehead atoms. The van der Waals surface area contributed by atoms with Crippen LogP contribution in [0.4, 0.5) is 5.69 Å². The first-order valence-electron chi connectivity index (χ1n) is 6.82. The lowest BCUT2D eigenvalue weighted by atomic mass is 10.1. The molecule has 3 rings (SSSR count). The number of nitrogen functional groups attached to an aromatic ring is 1. The Morgan fingerprint density at radius 1 is 1.16 bits per heavy atom. The second kappa shape index (κ2) is 5.45. The van der Waals surface area contributed by atoms with E-state index in [9.17, 15) is 0 Å². The van der Waals surface area contributed by atoms with Crippen molar-refractivity contribution in [3.63, 3.8) is 0 Å². The number of nitrogens with two attached hydrogens (primary N) is 1. The SMILES string of the molecule is Nc1ccc(OCCN2CCCC2)c2cnccc12. The van der Waals surface area contributed by atoms with Gasteiger partial charge in [-0.15, -0.1) is 0 Å². The molecule has 0 atom stereocenters. The number of fused-ring (bicyclic) bond motifs is 1. The number of anilines is 1. The van der Waals surface area contributed by atoms with E-state index in [0.29, 0.717) is 6.61 Å². The number of hydrogen-bond acceptors (Lipinski definition) is 4. The molecule has 1 aromatic carbocycles. The Hall–Kier alpha value is -1.81. The number of aromatic nitrogens is 1. The van der Waals surface area contributed by atoms with E-state index >= 15 is 0 Å². The maximum atomic E-state index is 5.96. The minimum Gasteiger partial charge on any atom is -0.492 e. The van der Waals surface area contributed by atoms with E-state index in [2.05, 4.69) is 9.88 Å². The molecule has 1 aliphatic heterocycles. The van der Waals surface area contributed by atoms with Crippen molar-refractivity contribution in [2.24, 2.45) is 0 Å². The van der Waals surface area contributed by atoms with Crippen LogP contribution in [0.1, 0.15) is 12.8 Å². The van der Waals surface area contributed by atoms with Crippen LogP contribution in [0.5, 0.6) is 5.75 Å². The summed E-state index contributed by atoms with van der Waals surface area (Å²) in [7, 11) is 0. The fourth-order valence-electron chi connectivity index (χ4n) is 2.60. The van der Waals surface area contributed by atoms with Crippen molar-refractivity contribution in [3.8, 4) is 5.75 Å². The Bertz CT molecular complexity index is 564. The summed E-state index contributed by atoms with van der Waals surface area (Å²) in [5.41, 5.74) is 6.73. The van der Waals surface area contributed by atoms with Gasteiger partial charge < -0.3 is 10.5 Å². The molecule has 100 valence electrons. The van der Waals surface area contributed by atoms with Gasteiger partial charge in [0.05, 0.1) is 0 Å². The molecule has 2 heterocycles. The second-order valence-corrected chi connectivity index (χ2v) is 4.97. The predicted octanol–water partition coefficient (Wildman–Crippen LogP) is 2.29. The number of ether oxygens (including phenoxy) is 1. The third-order valence-corrected chi connectivity index (χ3v) is 3.68. The van der Waals surface area contributed by atoms with E-state index < -0.39 is 0 Å². The average molecular weight is 257 g/mol. The molecule has 1 aromatic heterocycles. The number of hydrogen-bond donors (Lipinski definition) is 1. The van der Waals surface area contributed by atoms with Gasteiger partial charge >= 0.3 is 0 Å². The lowest BCUT2D eigenvalue weighted by Crippen LogP contribution is -2.25. The highest BCUT2D eigenvalue weighted by molar-refractivity contribution is 5.96. The molecule has 1 aliphatic rings. The van der Waals surface area contributed by atoms with Gasteiger partial charge in [0, 0.05) is 35.4 Å². The smallest absolute Gasteiger partial charge is 0.128 e. The van der Waals surface area contributed by atoms with Gasteiger partial charge in [0.25, 0.3) is 0 Å². The molecule has 1 saturated heterocycles. The molecule has 0 amide bonds. The van der Waals surface area contributed by atoms with E-state index in [-0.39, 0.29) is 0 Å². The zero-order valence-corrected chi connectivity index (χ0v) is 11.0. The van der Waals surface area contributed by atoms with E-state index in [1.54, 1.807) is 6.20 Å². The Morgan fingerprint density at radius 3 is 2.84 bits per heavy atom. The van der Waals surface area contributed by atoms with Crippen molar-refractivity contribution in [1.29, 1.82) is 0 Å². The molecule has 1 fully saturated rings. The highest BCUT2D eigenvalue weighted by atomic mass is 16.5. The lowest BCUT2D eigenvalue weighted by Gasteiger charge is -2.16. The summed E-state index contributed by atoms with van der Waals surface area (Å²) in [6, 6.07) is 5.76. The van der Waals surface area contributed by atoms with Gasteiger partial charge in [0.2, 0.25) is 0 Å². The van der Waals surface area contributed by atoms with Crippen LogP contribution in [0.3, 0.4) is 0 Å². The van der Waals surface area contributed by atoms with Crippen LogP contribution in [0.25, 0.3) is 10.8 Å². The topological polar surface area (TPSA) is 51.4 Å². The molecule has 19 heavy (non-hydrogen) atoms. The summed E-state index contributed by atoms with van der Waals surface area (Å²) < 4.78 is 5.90. The largest absolute Gasteiger partial charge is 0.492 e. The fraction of sp³-hybridized carbons (Fsp3) is 0.400. The maximum absolute atomic E-state index is 5.96. The Kier molecular flexibility index (Phi) is 3.51. The summed E-state index contributed by atoms with van der Waals surface area (Å²) in [6.07, 6.45) is 6.20. The van der Waals surface area contributed by atoms with Gasteiger partial charge in [-0.05, 0) is 44.1 Å². The van der Waals surface area contributed by atoms with Crippen molar-refractivity contribution >= 4 is 16.5 Å². The first kappa shape index (κ1) is 12.2. The van der Waals surface area contributed by atoms with Crippen LogP contribution in [0, 0.1) is 0 Å². The standard InChI is InChI=1S/C15H19N3O/c16-14-3-4-15(13-11-17-6-5-12(13)14)19-10-9-18-7-1-2-8-18/h3-6,11H,1-2,7-10,16H2. The summed E-state index contributed by atoms with van der Waals surface area (Å²) in [5.74, 6) is 0.872. The second-order valence-electron chi connectivity index (χ2n) is 4.97. The van der Waals surface area contributed by atoms with Crippen molar-refractivity contribution in [1.82, 2.24) is 9.88 Å². The zero-order valence-electron chi connectivity index (χ0n) is 11.0. The predicted molar refractivity (Wildman–Crippen MR) is 77.3 cm³/mol. The van der Waals surface area contributed by atoms with Crippen LogP contribution in [-0.2, 0) is 0 Å². The van der Waals surface area contributed by atoms with Gasteiger partial charge in [-0.2, -0.15) is 0 Å². The summed E-state index contributed by atoms with van der Waals surface area (Å²) in [5, 5.41) is 2.00. The summed E-state index contributed by atoms with van der Waals surface area (Å²) in [6.45, 7) is 4.11. The highest BCUT2D eigenvalue weighted by Gasteiger charge is 2.11. The van der Waals surface area contributed by atoms with Gasteiger partial charge in [0.15, 0.2) is 0 Å². The monoisotopic (exact) mass is 257 g/mol. The molecule has 2 aromatic rings. The highest BCUT2D eigenvalue weighted by Crippen LogP contribution is 2.29. The van der Waals surface area contributed by atoms with Crippen molar-refractivity contribution in [2.75, 3.05) is 32.0 Å². The van der Waals surface area contributed by atoms with Gasteiger partial charge in [-0.3, -0.25) is 9.88 Å². The van der Waals surface area contributed by atoms with E-state index in [4.69, 9.17) is 10.5 Å². The lowest BCUT2D eigenvalue weighted by molar-refractivity contribution is 0.239. The van der Waals surface area contributed by atoms with E-state index in [1.807, 2.05) is 24.4 Å². The average Bonchev–Trinajstić information content (AvgIpc) is 2.95. The molecule has 0 aliphatic carbocycles.